The number of aliphatic hydroxyl groups excluding tert-OH is 1. The average Bonchev–Trinajstić information content (AvgIpc) is 2.94. The molecule has 2 aromatic heterocycles. The highest BCUT2D eigenvalue weighted by Crippen LogP contribution is 2.18. The molecule has 0 aliphatic heterocycles. The molecule has 0 aromatic carbocycles. The van der Waals surface area contributed by atoms with Gasteiger partial charge in [0.15, 0.2) is 0 Å². The molecule has 2 rings (SSSR count). The topological polar surface area (TPSA) is 55.9 Å². The van der Waals surface area contributed by atoms with Crippen LogP contribution in [0.2, 0.25) is 0 Å². The van der Waals surface area contributed by atoms with Gasteiger partial charge >= 0.3 is 0 Å². The van der Waals surface area contributed by atoms with E-state index >= 15 is 0 Å². The van der Waals surface area contributed by atoms with E-state index in [1.807, 2.05) is 35.6 Å². The Morgan fingerprint density at radius 1 is 1.41 bits per heavy atom. The minimum Gasteiger partial charge on any atom is -0.388 e. The first-order valence-corrected chi connectivity index (χ1v) is 5.88. The van der Waals surface area contributed by atoms with Crippen molar-refractivity contribution < 1.29 is 5.11 Å². The molecule has 0 saturated heterocycles. The van der Waals surface area contributed by atoms with Gasteiger partial charge in [-0.15, -0.1) is 0 Å². The summed E-state index contributed by atoms with van der Waals surface area (Å²) in [7, 11) is 1.91. The van der Waals surface area contributed by atoms with E-state index in [0.717, 1.165) is 24.2 Å². The van der Waals surface area contributed by atoms with Gasteiger partial charge in [0.05, 0.1) is 12.3 Å². The molecule has 0 spiro atoms. The van der Waals surface area contributed by atoms with Crippen LogP contribution in [0.5, 0.6) is 0 Å². The number of aliphatic hydroxyl groups is 1. The molecule has 0 radical (unpaired) electrons. The van der Waals surface area contributed by atoms with Gasteiger partial charge in [-0.2, -0.15) is 10.2 Å². The smallest absolute Gasteiger partial charge is 0.0824 e. The van der Waals surface area contributed by atoms with Crippen molar-refractivity contribution in [2.45, 2.75) is 32.4 Å². The minimum atomic E-state index is -0.454. The zero-order valence-electron chi connectivity index (χ0n) is 10.2. The fourth-order valence-electron chi connectivity index (χ4n) is 1.82. The maximum Gasteiger partial charge on any atom is 0.0824 e. The first-order chi connectivity index (χ1) is 8.20. The number of hydrogen-bond acceptors (Lipinski definition) is 3. The summed E-state index contributed by atoms with van der Waals surface area (Å²) >= 11 is 0. The van der Waals surface area contributed by atoms with Crippen LogP contribution in [0, 0.1) is 0 Å². The molecular weight excluding hydrogens is 216 g/mol. The molecule has 92 valence electrons. The van der Waals surface area contributed by atoms with E-state index in [0.29, 0.717) is 6.42 Å². The Hall–Kier alpha value is -1.62. The van der Waals surface area contributed by atoms with E-state index in [2.05, 4.69) is 10.2 Å². The van der Waals surface area contributed by atoms with Crippen molar-refractivity contribution in [2.24, 2.45) is 7.05 Å². The van der Waals surface area contributed by atoms with Crippen LogP contribution in [0.4, 0.5) is 0 Å². The predicted molar refractivity (Wildman–Crippen MR) is 64.4 cm³/mol. The van der Waals surface area contributed by atoms with Crippen LogP contribution in [-0.2, 0) is 20.0 Å². The summed E-state index contributed by atoms with van der Waals surface area (Å²) in [4.78, 5) is 0. The molecule has 5 heteroatoms. The van der Waals surface area contributed by atoms with Gasteiger partial charge in [-0.25, -0.2) is 0 Å². The summed E-state index contributed by atoms with van der Waals surface area (Å²) in [5, 5.41) is 18.3. The number of aromatic nitrogens is 4. The third-order valence-corrected chi connectivity index (χ3v) is 2.96. The first-order valence-electron chi connectivity index (χ1n) is 5.88. The lowest BCUT2D eigenvalue weighted by Crippen LogP contribution is -2.03. The van der Waals surface area contributed by atoms with Crippen molar-refractivity contribution in [3.8, 4) is 0 Å². The fraction of sp³-hybridized carbons (Fsp3) is 0.500. The van der Waals surface area contributed by atoms with Crippen LogP contribution in [-0.4, -0.2) is 24.7 Å². The van der Waals surface area contributed by atoms with Crippen molar-refractivity contribution in [2.75, 3.05) is 0 Å². The molecule has 0 saturated carbocycles. The monoisotopic (exact) mass is 234 g/mol. The summed E-state index contributed by atoms with van der Waals surface area (Å²) in [5.41, 5.74) is 2.01. The molecule has 0 aliphatic rings. The normalized spacial score (nSPS) is 12.9. The van der Waals surface area contributed by atoms with E-state index in [4.69, 9.17) is 0 Å². The van der Waals surface area contributed by atoms with Gasteiger partial charge in [0.1, 0.15) is 0 Å². The van der Waals surface area contributed by atoms with Crippen LogP contribution in [0.15, 0.2) is 24.7 Å². The third kappa shape index (κ3) is 2.74. The molecule has 1 unspecified atom stereocenters. The van der Waals surface area contributed by atoms with Gasteiger partial charge in [-0.3, -0.25) is 9.36 Å². The lowest BCUT2D eigenvalue weighted by atomic mass is 10.1. The Morgan fingerprint density at radius 2 is 2.24 bits per heavy atom. The zero-order chi connectivity index (χ0) is 12.3. The average molecular weight is 234 g/mol. The maximum absolute atomic E-state index is 10.0. The van der Waals surface area contributed by atoms with Crippen LogP contribution < -0.4 is 0 Å². The van der Waals surface area contributed by atoms with Crippen molar-refractivity contribution in [3.63, 3.8) is 0 Å². The molecule has 0 bridgehead atoms. The summed E-state index contributed by atoms with van der Waals surface area (Å²) < 4.78 is 3.66. The zero-order valence-corrected chi connectivity index (χ0v) is 10.2. The number of hydrogen-bond donors (Lipinski definition) is 1. The van der Waals surface area contributed by atoms with E-state index in [-0.39, 0.29) is 0 Å². The second kappa shape index (κ2) is 5.14. The van der Waals surface area contributed by atoms with Gasteiger partial charge in [0.2, 0.25) is 0 Å². The Labute approximate surface area is 101 Å². The number of aryl methyl sites for hydroxylation is 3. The molecule has 2 aromatic rings. The quantitative estimate of drug-likeness (QED) is 0.848. The predicted octanol–water partition coefficient (Wildman–Crippen LogP) is 1.30. The van der Waals surface area contributed by atoms with Gasteiger partial charge in [-0.05, 0) is 25.8 Å². The molecule has 5 nitrogen and oxygen atoms in total. The Bertz CT molecular complexity index is 474. The van der Waals surface area contributed by atoms with Gasteiger partial charge in [-0.1, -0.05) is 0 Å². The standard InChI is InChI=1S/C12H18N4O/c1-3-16-9-10(8-14-16)12(17)5-4-11-6-7-13-15(11)2/h6-9,12,17H,3-5H2,1-2H3. The molecule has 1 atom stereocenters. The Kier molecular flexibility index (Phi) is 3.58. The summed E-state index contributed by atoms with van der Waals surface area (Å²) in [5.74, 6) is 0. The molecule has 0 aliphatic carbocycles. The van der Waals surface area contributed by atoms with E-state index in [1.165, 1.54) is 0 Å². The number of nitrogens with zero attached hydrogens (tertiary/aromatic N) is 4. The highest BCUT2D eigenvalue weighted by Gasteiger charge is 2.11. The van der Waals surface area contributed by atoms with E-state index in [9.17, 15) is 5.11 Å². The SMILES string of the molecule is CCn1cc(C(O)CCc2ccnn2C)cn1. The van der Waals surface area contributed by atoms with E-state index < -0.39 is 6.10 Å². The van der Waals surface area contributed by atoms with Crippen LogP contribution in [0.3, 0.4) is 0 Å². The minimum absolute atomic E-state index is 0.454. The molecule has 1 N–H and O–H groups in total. The van der Waals surface area contributed by atoms with Crippen molar-refractivity contribution >= 4 is 0 Å². The fourth-order valence-corrected chi connectivity index (χ4v) is 1.82. The third-order valence-electron chi connectivity index (χ3n) is 2.96. The summed E-state index contributed by atoms with van der Waals surface area (Å²) in [6.45, 7) is 2.85. The van der Waals surface area contributed by atoms with Crippen LogP contribution in [0.1, 0.15) is 30.7 Å². The van der Waals surface area contributed by atoms with Crippen molar-refractivity contribution in [1.82, 2.24) is 19.6 Å². The molecule has 17 heavy (non-hydrogen) atoms. The second-order valence-electron chi connectivity index (χ2n) is 4.13. The largest absolute Gasteiger partial charge is 0.388 e. The maximum atomic E-state index is 10.0. The highest BCUT2D eigenvalue weighted by atomic mass is 16.3. The Morgan fingerprint density at radius 3 is 2.82 bits per heavy atom. The Balaban J connectivity index is 1.93. The molecule has 0 fully saturated rings. The molecule has 2 heterocycles. The van der Waals surface area contributed by atoms with Gasteiger partial charge in [0.25, 0.3) is 0 Å². The van der Waals surface area contributed by atoms with Crippen LogP contribution in [0.25, 0.3) is 0 Å². The molecule has 0 amide bonds. The van der Waals surface area contributed by atoms with Gasteiger partial charge < -0.3 is 5.11 Å². The number of rotatable bonds is 5. The van der Waals surface area contributed by atoms with Crippen molar-refractivity contribution in [3.05, 3.63) is 35.9 Å². The summed E-state index contributed by atoms with van der Waals surface area (Å²) in [6.07, 6.45) is 6.46. The lowest BCUT2D eigenvalue weighted by Gasteiger charge is -2.08. The van der Waals surface area contributed by atoms with Gasteiger partial charge in [0, 0.05) is 37.2 Å². The lowest BCUT2D eigenvalue weighted by molar-refractivity contribution is 0.167. The van der Waals surface area contributed by atoms with E-state index in [1.54, 1.807) is 12.4 Å². The van der Waals surface area contributed by atoms with Crippen molar-refractivity contribution in [1.29, 1.82) is 0 Å². The summed E-state index contributed by atoms with van der Waals surface area (Å²) in [6, 6.07) is 1.97. The molecular formula is C12H18N4O. The highest BCUT2D eigenvalue weighted by molar-refractivity contribution is 5.09. The van der Waals surface area contributed by atoms with Crippen LogP contribution >= 0.6 is 0 Å². The second-order valence-corrected chi connectivity index (χ2v) is 4.13. The first kappa shape index (κ1) is 11.9.